The Balaban J connectivity index is 1.69. The number of nitrogens with zero attached hydrogens (tertiary/aromatic N) is 5. The molecule has 3 heterocycles. The third kappa shape index (κ3) is 3.90. The Bertz CT molecular complexity index is 754. The SMILES string of the molecule is Cc1nc(-c2cccnc2)ncc1C(=O)N1CCC([C@H](C)N(C)C)CC1. The van der Waals surface area contributed by atoms with E-state index in [4.69, 9.17) is 0 Å². The Labute approximate surface area is 155 Å². The van der Waals surface area contributed by atoms with Gasteiger partial charge in [0.25, 0.3) is 5.91 Å². The number of likely N-dealkylation sites (tertiary alicyclic amines) is 1. The van der Waals surface area contributed by atoms with Crippen molar-refractivity contribution in [1.29, 1.82) is 0 Å². The third-order valence-corrected chi connectivity index (χ3v) is 5.45. The van der Waals surface area contributed by atoms with Crippen molar-refractivity contribution in [2.24, 2.45) is 5.92 Å². The van der Waals surface area contributed by atoms with E-state index >= 15 is 0 Å². The van der Waals surface area contributed by atoms with Crippen LogP contribution in [0.5, 0.6) is 0 Å². The molecule has 0 spiro atoms. The molecule has 1 saturated heterocycles. The van der Waals surface area contributed by atoms with E-state index in [0.29, 0.717) is 29.0 Å². The van der Waals surface area contributed by atoms with Crippen molar-refractivity contribution >= 4 is 5.91 Å². The summed E-state index contributed by atoms with van der Waals surface area (Å²) in [4.78, 5) is 30.1. The lowest BCUT2D eigenvalue weighted by atomic mass is 9.89. The second-order valence-corrected chi connectivity index (χ2v) is 7.27. The highest BCUT2D eigenvalue weighted by atomic mass is 16.2. The van der Waals surface area contributed by atoms with Gasteiger partial charge in [-0.05, 0) is 58.8 Å². The average Bonchev–Trinajstić information content (AvgIpc) is 2.67. The van der Waals surface area contributed by atoms with Gasteiger partial charge in [0.2, 0.25) is 0 Å². The molecule has 0 aromatic carbocycles. The molecule has 0 N–H and O–H groups in total. The number of rotatable bonds is 4. The lowest BCUT2D eigenvalue weighted by Crippen LogP contribution is -2.44. The van der Waals surface area contributed by atoms with Crippen molar-refractivity contribution in [3.8, 4) is 11.4 Å². The Kier molecular flexibility index (Phi) is 5.61. The summed E-state index contributed by atoms with van der Waals surface area (Å²) < 4.78 is 0. The zero-order chi connectivity index (χ0) is 18.7. The number of aryl methyl sites for hydroxylation is 1. The van der Waals surface area contributed by atoms with E-state index in [1.54, 1.807) is 18.6 Å². The number of carbonyl (C=O) groups is 1. The van der Waals surface area contributed by atoms with E-state index in [0.717, 1.165) is 31.5 Å². The fourth-order valence-corrected chi connectivity index (χ4v) is 3.49. The number of carbonyl (C=O) groups excluding carboxylic acids is 1. The fourth-order valence-electron chi connectivity index (χ4n) is 3.49. The highest BCUT2D eigenvalue weighted by molar-refractivity contribution is 5.95. The second-order valence-electron chi connectivity index (χ2n) is 7.27. The van der Waals surface area contributed by atoms with E-state index in [-0.39, 0.29) is 5.91 Å². The molecule has 1 amide bonds. The summed E-state index contributed by atoms with van der Waals surface area (Å²) in [5, 5.41) is 0. The molecule has 3 rings (SSSR count). The van der Waals surface area contributed by atoms with Gasteiger partial charge in [0.05, 0.1) is 11.3 Å². The summed E-state index contributed by atoms with van der Waals surface area (Å²) in [5.41, 5.74) is 2.16. The molecule has 0 bridgehead atoms. The number of piperidine rings is 1. The zero-order valence-electron chi connectivity index (χ0n) is 16.0. The molecule has 6 heteroatoms. The highest BCUT2D eigenvalue weighted by Gasteiger charge is 2.28. The van der Waals surface area contributed by atoms with Crippen LogP contribution in [0.4, 0.5) is 0 Å². The Hall–Kier alpha value is -2.34. The van der Waals surface area contributed by atoms with Crippen molar-refractivity contribution in [1.82, 2.24) is 24.8 Å². The van der Waals surface area contributed by atoms with Crippen molar-refractivity contribution in [3.05, 3.63) is 42.0 Å². The molecule has 2 aromatic heterocycles. The maximum Gasteiger partial charge on any atom is 0.257 e. The Morgan fingerprint density at radius 1 is 1.27 bits per heavy atom. The molecule has 138 valence electrons. The maximum absolute atomic E-state index is 12.9. The van der Waals surface area contributed by atoms with Gasteiger partial charge in [-0.25, -0.2) is 9.97 Å². The number of amides is 1. The van der Waals surface area contributed by atoms with Crippen LogP contribution in [0.1, 0.15) is 35.8 Å². The van der Waals surface area contributed by atoms with Crippen LogP contribution in [0.3, 0.4) is 0 Å². The number of hydrogen-bond donors (Lipinski definition) is 0. The van der Waals surface area contributed by atoms with Gasteiger partial charge in [-0.3, -0.25) is 9.78 Å². The Morgan fingerprint density at radius 3 is 2.58 bits per heavy atom. The van der Waals surface area contributed by atoms with E-state index in [1.807, 2.05) is 24.0 Å². The van der Waals surface area contributed by atoms with Gasteiger partial charge in [0.1, 0.15) is 0 Å². The largest absolute Gasteiger partial charge is 0.339 e. The number of aromatic nitrogens is 3. The van der Waals surface area contributed by atoms with Gasteiger partial charge >= 0.3 is 0 Å². The van der Waals surface area contributed by atoms with Gasteiger partial charge in [-0.15, -0.1) is 0 Å². The Morgan fingerprint density at radius 2 is 2.00 bits per heavy atom. The number of hydrogen-bond acceptors (Lipinski definition) is 5. The quantitative estimate of drug-likeness (QED) is 0.846. The minimum Gasteiger partial charge on any atom is -0.339 e. The topological polar surface area (TPSA) is 62.2 Å². The summed E-state index contributed by atoms with van der Waals surface area (Å²) in [6.45, 7) is 5.73. The molecule has 0 radical (unpaired) electrons. The first kappa shape index (κ1) is 18.5. The monoisotopic (exact) mass is 353 g/mol. The molecule has 1 aliphatic rings. The van der Waals surface area contributed by atoms with Crippen molar-refractivity contribution in [2.75, 3.05) is 27.2 Å². The minimum absolute atomic E-state index is 0.0381. The van der Waals surface area contributed by atoms with Crippen LogP contribution in [0.25, 0.3) is 11.4 Å². The second kappa shape index (κ2) is 7.91. The van der Waals surface area contributed by atoms with Crippen LogP contribution in [0.15, 0.2) is 30.7 Å². The van der Waals surface area contributed by atoms with Gasteiger partial charge in [-0.1, -0.05) is 0 Å². The molecule has 0 saturated carbocycles. The standard InChI is InChI=1S/C20H27N5O/c1-14-18(13-22-19(23-14)17-6-5-9-21-12-17)20(26)25-10-7-16(8-11-25)15(2)24(3)4/h5-6,9,12-13,15-16H,7-8,10-11H2,1-4H3/t15-/m0/s1. The molecule has 26 heavy (non-hydrogen) atoms. The zero-order valence-corrected chi connectivity index (χ0v) is 16.0. The van der Waals surface area contributed by atoms with Crippen LogP contribution < -0.4 is 0 Å². The molecule has 0 aliphatic carbocycles. The maximum atomic E-state index is 12.9. The van der Waals surface area contributed by atoms with Crippen LogP contribution in [-0.2, 0) is 0 Å². The van der Waals surface area contributed by atoms with E-state index < -0.39 is 0 Å². The van der Waals surface area contributed by atoms with Gasteiger partial charge < -0.3 is 9.80 Å². The normalized spacial score (nSPS) is 16.7. The van der Waals surface area contributed by atoms with Crippen LogP contribution in [0.2, 0.25) is 0 Å². The highest BCUT2D eigenvalue weighted by Crippen LogP contribution is 2.24. The lowest BCUT2D eigenvalue weighted by molar-refractivity contribution is 0.0639. The minimum atomic E-state index is 0.0381. The average molecular weight is 353 g/mol. The third-order valence-electron chi connectivity index (χ3n) is 5.45. The lowest BCUT2D eigenvalue weighted by Gasteiger charge is -2.37. The van der Waals surface area contributed by atoms with Crippen LogP contribution in [0, 0.1) is 12.8 Å². The fraction of sp³-hybridized carbons (Fsp3) is 0.500. The summed E-state index contributed by atoms with van der Waals surface area (Å²) in [6, 6.07) is 4.31. The van der Waals surface area contributed by atoms with E-state index in [2.05, 4.69) is 40.9 Å². The van der Waals surface area contributed by atoms with E-state index in [9.17, 15) is 4.79 Å². The first-order chi connectivity index (χ1) is 12.5. The summed E-state index contributed by atoms with van der Waals surface area (Å²) in [5.74, 6) is 1.28. The first-order valence-electron chi connectivity index (χ1n) is 9.17. The van der Waals surface area contributed by atoms with Gasteiger partial charge in [0.15, 0.2) is 5.82 Å². The number of pyridine rings is 1. The summed E-state index contributed by atoms with van der Waals surface area (Å²) >= 11 is 0. The van der Waals surface area contributed by atoms with Crippen molar-refractivity contribution < 1.29 is 4.79 Å². The van der Waals surface area contributed by atoms with Crippen LogP contribution >= 0.6 is 0 Å². The smallest absolute Gasteiger partial charge is 0.257 e. The van der Waals surface area contributed by atoms with Crippen LogP contribution in [-0.4, -0.2) is 63.9 Å². The first-order valence-corrected chi connectivity index (χ1v) is 9.17. The van der Waals surface area contributed by atoms with Gasteiger partial charge in [0, 0.05) is 43.3 Å². The van der Waals surface area contributed by atoms with Crippen molar-refractivity contribution in [3.63, 3.8) is 0 Å². The molecule has 1 aliphatic heterocycles. The molecule has 1 atom stereocenters. The summed E-state index contributed by atoms with van der Waals surface area (Å²) in [7, 11) is 4.24. The molecule has 2 aromatic rings. The predicted molar refractivity (Wildman–Crippen MR) is 102 cm³/mol. The van der Waals surface area contributed by atoms with E-state index in [1.165, 1.54) is 0 Å². The van der Waals surface area contributed by atoms with Crippen molar-refractivity contribution in [2.45, 2.75) is 32.7 Å². The molecular formula is C20H27N5O. The molecule has 1 fully saturated rings. The molecule has 6 nitrogen and oxygen atoms in total. The molecular weight excluding hydrogens is 326 g/mol. The molecule has 0 unspecified atom stereocenters. The summed E-state index contributed by atoms with van der Waals surface area (Å²) in [6.07, 6.45) is 7.18. The predicted octanol–water partition coefficient (Wildman–Crippen LogP) is 2.65. The van der Waals surface area contributed by atoms with Gasteiger partial charge in [-0.2, -0.15) is 0 Å².